The minimum atomic E-state index is -10.7. The molecule has 0 unspecified atom stereocenters. The van der Waals surface area contributed by atoms with Gasteiger partial charge in [0.2, 0.25) is 0 Å². The normalized spacial score (nSPS) is 14.7. The molecule has 0 radical (unpaired) electrons. The molecular formula is C10H10F6IN2P. The first-order valence-corrected chi connectivity index (χ1v) is 9.01. The Labute approximate surface area is 121 Å². The summed E-state index contributed by atoms with van der Waals surface area (Å²) in [7, 11) is -10.7. The van der Waals surface area contributed by atoms with Crippen molar-refractivity contribution < 1.29 is 52.5 Å². The zero-order chi connectivity index (χ0) is 15.3. The molecule has 114 valence electrons. The molecule has 0 aliphatic carbocycles. The molecule has 2 rings (SSSR count). The van der Waals surface area contributed by atoms with Gasteiger partial charge in [-0.15, -0.1) is 0 Å². The molecule has 0 spiro atoms. The Morgan fingerprint density at radius 2 is 0.800 bits per heavy atom. The molecule has 0 saturated carbocycles. The molecule has 10 heteroatoms. The molecule has 0 aliphatic rings. The van der Waals surface area contributed by atoms with Crippen LogP contribution in [0.1, 0.15) is 0 Å². The van der Waals surface area contributed by atoms with E-state index in [1.165, 1.54) is 0 Å². The predicted molar refractivity (Wildman–Crippen MR) is 57.6 cm³/mol. The van der Waals surface area contributed by atoms with Crippen LogP contribution in [0.5, 0.6) is 0 Å². The molecule has 0 bridgehead atoms. The molecule has 20 heavy (non-hydrogen) atoms. The van der Waals surface area contributed by atoms with Gasteiger partial charge in [-0.05, 0) is 0 Å². The molecule has 0 atom stereocenters. The van der Waals surface area contributed by atoms with Crippen LogP contribution >= 0.6 is 7.81 Å². The molecule has 0 amide bonds. The van der Waals surface area contributed by atoms with Crippen molar-refractivity contribution in [3.63, 3.8) is 0 Å². The molecule has 0 aliphatic heterocycles. The topological polar surface area (TPSA) is 7.76 Å². The van der Waals surface area contributed by atoms with Gasteiger partial charge in [0.1, 0.15) is 0 Å². The second kappa shape index (κ2) is 5.44. The fourth-order valence-corrected chi connectivity index (χ4v) is 2.85. The molecule has 2 aromatic heterocycles. The number of hydrogen-bond acceptors (Lipinski definition) is 0. The number of nitrogens with zero attached hydrogens (tertiary/aromatic N) is 2. The van der Waals surface area contributed by atoms with E-state index in [-0.39, 0.29) is 21.8 Å². The van der Waals surface area contributed by atoms with E-state index in [0.29, 0.717) is 0 Å². The van der Waals surface area contributed by atoms with E-state index in [4.69, 9.17) is 0 Å². The zero-order valence-electron chi connectivity index (χ0n) is 9.76. The first-order valence-electron chi connectivity index (χ1n) is 5.05. The van der Waals surface area contributed by atoms with Gasteiger partial charge in [0.05, 0.1) is 0 Å². The molecule has 2 aromatic rings. The molecule has 0 saturated heterocycles. The third kappa shape index (κ3) is 12.1. The first kappa shape index (κ1) is 17.1. The summed E-state index contributed by atoms with van der Waals surface area (Å²) in [6.45, 7) is 0. The summed E-state index contributed by atoms with van der Waals surface area (Å²) in [5.74, 6) is 0. The number of halogens is 7. The van der Waals surface area contributed by atoms with Crippen molar-refractivity contribution in [1.82, 2.24) is 0 Å². The van der Waals surface area contributed by atoms with Crippen molar-refractivity contribution in [3.8, 4) is 0 Å². The van der Waals surface area contributed by atoms with Crippen LogP contribution in [0.4, 0.5) is 25.2 Å². The van der Waals surface area contributed by atoms with E-state index in [1.807, 2.05) is 12.1 Å². The van der Waals surface area contributed by atoms with Gasteiger partial charge in [0.15, 0.2) is 0 Å². The monoisotopic (exact) mass is 430 g/mol. The van der Waals surface area contributed by atoms with Gasteiger partial charge in [0.25, 0.3) is 0 Å². The van der Waals surface area contributed by atoms with Crippen LogP contribution in [0.15, 0.2) is 61.2 Å². The third-order valence-corrected chi connectivity index (χ3v) is 3.82. The zero-order valence-corrected chi connectivity index (χ0v) is 12.8. The Balaban J connectivity index is 0.000000246. The number of pyridine rings is 2. The summed E-state index contributed by atoms with van der Waals surface area (Å²) in [4.78, 5) is 0. The van der Waals surface area contributed by atoms with Crippen molar-refractivity contribution in [1.29, 1.82) is 0 Å². The summed E-state index contributed by atoms with van der Waals surface area (Å²) >= 11 is -0.138. The minimum absolute atomic E-state index is 0.138. The summed E-state index contributed by atoms with van der Waals surface area (Å²) in [6.07, 6.45) is 8.42. The Hall–Kier alpha value is -0.960. The van der Waals surface area contributed by atoms with Crippen LogP contribution in [0.25, 0.3) is 0 Å². The van der Waals surface area contributed by atoms with Crippen molar-refractivity contribution in [2.45, 2.75) is 0 Å². The maximum atomic E-state index is 9.87. The SMILES string of the molecule is F[P-](F)(F)(F)(F)F.c1cc[n+]([I-][n+]2ccccc2)cc1. The van der Waals surface area contributed by atoms with Crippen LogP contribution in [0.2, 0.25) is 0 Å². The summed E-state index contributed by atoms with van der Waals surface area (Å²) < 4.78 is 63.7. The molecule has 0 aromatic carbocycles. The van der Waals surface area contributed by atoms with Gasteiger partial charge in [-0.25, -0.2) is 0 Å². The van der Waals surface area contributed by atoms with Crippen LogP contribution in [0, 0.1) is 0 Å². The van der Waals surface area contributed by atoms with E-state index in [0.717, 1.165) is 0 Å². The van der Waals surface area contributed by atoms with Gasteiger partial charge in [-0.3, -0.25) is 0 Å². The second-order valence-electron chi connectivity index (χ2n) is 3.47. The molecule has 2 heterocycles. The number of rotatable bonds is 2. The van der Waals surface area contributed by atoms with Gasteiger partial charge in [-0.1, -0.05) is 0 Å². The van der Waals surface area contributed by atoms with Crippen LogP contribution < -0.4 is 27.3 Å². The quantitative estimate of drug-likeness (QED) is 0.381. The fourth-order valence-electron chi connectivity index (χ4n) is 0.957. The van der Waals surface area contributed by atoms with Crippen LogP contribution in [-0.2, 0) is 0 Å². The van der Waals surface area contributed by atoms with E-state index < -0.39 is 7.81 Å². The van der Waals surface area contributed by atoms with Crippen molar-refractivity contribution in [2.24, 2.45) is 0 Å². The summed E-state index contributed by atoms with van der Waals surface area (Å²) in [5.41, 5.74) is 0. The van der Waals surface area contributed by atoms with Crippen LogP contribution in [-0.4, -0.2) is 0 Å². The molecular weight excluding hydrogens is 420 g/mol. The average molecular weight is 430 g/mol. The average Bonchev–Trinajstić information content (AvgIpc) is 2.27. The molecule has 0 N–H and O–H groups in total. The first-order chi connectivity index (χ1) is 8.90. The van der Waals surface area contributed by atoms with Crippen molar-refractivity contribution in [3.05, 3.63) is 61.2 Å². The van der Waals surface area contributed by atoms with E-state index in [1.54, 1.807) is 0 Å². The van der Waals surface area contributed by atoms with E-state index in [2.05, 4.69) is 54.6 Å². The third-order valence-electron chi connectivity index (χ3n) is 1.53. The number of hydrogen-bond donors (Lipinski definition) is 0. The van der Waals surface area contributed by atoms with E-state index >= 15 is 0 Å². The summed E-state index contributed by atoms with van der Waals surface area (Å²) in [6, 6.07) is 12.3. The van der Waals surface area contributed by atoms with Gasteiger partial charge in [0, 0.05) is 0 Å². The van der Waals surface area contributed by atoms with Gasteiger partial charge >= 0.3 is 121 Å². The maximum absolute atomic E-state index is 10.7. The van der Waals surface area contributed by atoms with Crippen LogP contribution in [0.3, 0.4) is 0 Å². The number of aromatic nitrogens is 2. The Kier molecular flexibility index (Phi) is 4.65. The Morgan fingerprint density at radius 3 is 1.05 bits per heavy atom. The predicted octanol–water partition coefficient (Wildman–Crippen LogP) is 0.959. The molecule has 2 nitrogen and oxygen atoms in total. The Morgan fingerprint density at radius 1 is 0.550 bits per heavy atom. The standard InChI is InChI=1S/C10H10IN2.F6P/c1-3-7-12(8-4-1)11-13-9-5-2-6-10-13;1-7(2,3,4,5)6/h1-10H;/q+1;-1. The van der Waals surface area contributed by atoms with Gasteiger partial charge < -0.3 is 0 Å². The van der Waals surface area contributed by atoms with Crippen molar-refractivity contribution in [2.75, 3.05) is 0 Å². The second-order valence-corrected chi connectivity index (χ2v) is 8.05. The fraction of sp³-hybridized carbons (Fsp3) is 0. The molecule has 0 fully saturated rings. The van der Waals surface area contributed by atoms with E-state index in [9.17, 15) is 25.2 Å². The Bertz CT molecular complexity index is 497. The summed E-state index contributed by atoms with van der Waals surface area (Å²) in [5, 5.41) is 0. The van der Waals surface area contributed by atoms with Gasteiger partial charge in [-0.2, -0.15) is 0 Å². The van der Waals surface area contributed by atoms with Crippen molar-refractivity contribution >= 4 is 7.81 Å².